The van der Waals surface area contributed by atoms with E-state index in [1.54, 1.807) is 0 Å². The van der Waals surface area contributed by atoms with E-state index in [0.717, 1.165) is 18.2 Å². The predicted molar refractivity (Wildman–Crippen MR) is 73.2 cm³/mol. The molecule has 0 fully saturated rings. The number of hydrogen-bond donors (Lipinski definition) is 5. The van der Waals surface area contributed by atoms with Gasteiger partial charge in [-0.05, 0) is 17.7 Å². The number of hydrogen-bond acceptors (Lipinski definition) is 7. The number of rotatable bonds is 1. The van der Waals surface area contributed by atoms with Crippen LogP contribution in [0.15, 0.2) is 30.3 Å². The summed E-state index contributed by atoms with van der Waals surface area (Å²) in [6.45, 7) is 0. The fourth-order valence-electron chi connectivity index (χ4n) is 2.38. The first-order valence-electron chi connectivity index (χ1n) is 6.35. The highest BCUT2D eigenvalue weighted by molar-refractivity contribution is 6.05. The van der Waals surface area contributed by atoms with Crippen LogP contribution in [-0.4, -0.2) is 37.4 Å². The van der Waals surface area contributed by atoms with E-state index in [4.69, 9.17) is 4.74 Å². The zero-order valence-corrected chi connectivity index (χ0v) is 11.1. The molecule has 0 spiro atoms. The second-order valence-corrected chi connectivity index (χ2v) is 4.93. The summed E-state index contributed by atoms with van der Waals surface area (Å²) in [6, 6.07) is 5.85. The third-order valence-corrected chi connectivity index (χ3v) is 3.45. The highest BCUT2D eigenvalue weighted by Crippen LogP contribution is 2.42. The SMILES string of the molecule is O=C1c2c(O)cc(O)cc2O[C@@H](c2ccc(O)c(O)c2)C1O. The molecule has 0 radical (unpaired) electrons. The number of aromatic hydroxyl groups is 4. The van der Waals surface area contributed by atoms with Crippen LogP contribution in [0.5, 0.6) is 28.7 Å². The fraction of sp³-hybridized carbons (Fsp3) is 0.133. The lowest BCUT2D eigenvalue weighted by Crippen LogP contribution is -2.36. The number of fused-ring (bicyclic) bond motifs is 1. The predicted octanol–water partition coefficient (Wildman–Crippen LogP) is 1.19. The van der Waals surface area contributed by atoms with Crippen molar-refractivity contribution in [3.8, 4) is 28.7 Å². The zero-order chi connectivity index (χ0) is 16.0. The molecule has 7 nitrogen and oxygen atoms in total. The number of phenols is 4. The molecule has 0 saturated heterocycles. The van der Waals surface area contributed by atoms with Crippen molar-refractivity contribution in [1.82, 2.24) is 0 Å². The molecule has 114 valence electrons. The molecule has 1 unspecified atom stereocenters. The summed E-state index contributed by atoms with van der Waals surface area (Å²) in [7, 11) is 0. The van der Waals surface area contributed by atoms with Crippen LogP contribution in [0.2, 0.25) is 0 Å². The lowest BCUT2D eigenvalue weighted by molar-refractivity contribution is 0.0210. The maximum Gasteiger partial charge on any atom is 0.202 e. The van der Waals surface area contributed by atoms with Crippen molar-refractivity contribution in [2.45, 2.75) is 12.2 Å². The quantitative estimate of drug-likeness (QED) is 0.501. The number of carbonyl (C=O) groups excluding carboxylic acids is 1. The Labute approximate surface area is 124 Å². The first-order chi connectivity index (χ1) is 10.4. The molecule has 22 heavy (non-hydrogen) atoms. The number of aliphatic hydroxyl groups excluding tert-OH is 1. The van der Waals surface area contributed by atoms with Crippen LogP contribution < -0.4 is 4.74 Å². The van der Waals surface area contributed by atoms with Gasteiger partial charge in [-0.1, -0.05) is 6.07 Å². The largest absolute Gasteiger partial charge is 0.508 e. The summed E-state index contributed by atoms with van der Waals surface area (Å²) in [5.74, 6) is -2.41. The fourth-order valence-corrected chi connectivity index (χ4v) is 2.38. The number of benzene rings is 2. The first kappa shape index (κ1) is 14.0. The normalized spacial score (nSPS) is 20.3. The lowest BCUT2D eigenvalue weighted by atomic mass is 9.92. The van der Waals surface area contributed by atoms with Gasteiger partial charge in [-0.25, -0.2) is 0 Å². The molecule has 0 aliphatic carbocycles. The highest BCUT2D eigenvalue weighted by Gasteiger charge is 2.39. The van der Waals surface area contributed by atoms with Crippen LogP contribution in [0.1, 0.15) is 22.0 Å². The molecule has 3 rings (SSSR count). The molecule has 5 N–H and O–H groups in total. The summed E-state index contributed by atoms with van der Waals surface area (Å²) in [6.07, 6.45) is -2.75. The second kappa shape index (κ2) is 4.81. The first-order valence-corrected chi connectivity index (χ1v) is 6.35. The Bertz CT molecular complexity index is 769. The number of carbonyl (C=O) groups is 1. The zero-order valence-electron chi connectivity index (χ0n) is 11.1. The molecule has 1 heterocycles. The van der Waals surface area contributed by atoms with Crippen molar-refractivity contribution in [1.29, 1.82) is 0 Å². The Hall–Kier alpha value is -2.93. The van der Waals surface area contributed by atoms with E-state index in [1.807, 2.05) is 0 Å². The van der Waals surface area contributed by atoms with Crippen LogP contribution in [0.3, 0.4) is 0 Å². The van der Waals surface area contributed by atoms with Gasteiger partial charge in [0, 0.05) is 12.1 Å². The average Bonchev–Trinajstić information content (AvgIpc) is 2.45. The summed E-state index contributed by atoms with van der Waals surface area (Å²) < 4.78 is 5.47. The van der Waals surface area contributed by atoms with Crippen LogP contribution in [0.25, 0.3) is 0 Å². The minimum Gasteiger partial charge on any atom is -0.508 e. The minimum atomic E-state index is -1.60. The standard InChI is InChI=1S/C15H12O7/c16-7-4-10(19)12-11(5-7)22-15(14(21)13(12)20)6-1-2-8(17)9(18)3-6/h1-5,14-19,21H/t14?,15-/m0/s1. The molecular weight excluding hydrogens is 292 g/mol. The van der Waals surface area contributed by atoms with E-state index in [0.29, 0.717) is 0 Å². The van der Waals surface area contributed by atoms with Gasteiger partial charge in [0.05, 0.1) is 0 Å². The minimum absolute atomic E-state index is 0.0784. The Morgan fingerprint density at radius 2 is 1.64 bits per heavy atom. The van der Waals surface area contributed by atoms with Crippen LogP contribution >= 0.6 is 0 Å². The van der Waals surface area contributed by atoms with E-state index >= 15 is 0 Å². The maximum absolute atomic E-state index is 12.2. The molecule has 2 aromatic rings. The highest BCUT2D eigenvalue weighted by atomic mass is 16.5. The van der Waals surface area contributed by atoms with E-state index in [9.17, 15) is 30.3 Å². The third-order valence-electron chi connectivity index (χ3n) is 3.45. The van der Waals surface area contributed by atoms with Crippen LogP contribution in [0.4, 0.5) is 0 Å². The Kier molecular flexibility index (Phi) is 3.07. The van der Waals surface area contributed by atoms with Gasteiger partial charge in [0.15, 0.2) is 23.7 Å². The summed E-state index contributed by atoms with van der Waals surface area (Å²) >= 11 is 0. The molecule has 1 aliphatic heterocycles. The molecule has 0 aromatic heterocycles. The van der Waals surface area contributed by atoms with Gasteiger partial charge in [0.1, 0.15) is 22.8 Å². The molecule has 2 aromatic carbocycles. The molecular formula is C15H12O7. The molecule has 1 aliphatic rings. The van der Waals surface area contributed by atoms with Gasteiger partial charge in [0.25, 0.3) is 0 Å². The summed E-state index contributed by atoms with van der Waals surface area (Å²) in [5, 5.41) is 48.1. The Balaban J connectivity index is 2.08. The van der Waals surface area contributed by atoms with E-state index < -0.39 is 29.5 Å². The van der Waals surface area contributed by atoms with Gasteiger partial charge in [-0.2, -0.15) is 0 Å². The number of Topliss-reactive ketones (excluding diaryl/α,β-unsaturated/α-hetero) is 1. The van der Waals surface area contributed by atoms with E-state index in [-0.39, 0.29) is 28.4 Å². The van der Waals surface area contributed by atoms with Gasteiger partial charge in [-0.15, -0.1) is 0 Å². The van der Waals surface area contributed by atoms with Crippen LogP contribution in [-0.2, 0) is 0 Å². The van der Waals surface area contributed by atoms with Crippen LogP contribution in [0, 0.1) is 0 Å². The topological polar surface area (TPSA) is 127 Å². The monoisotopic (exact) mass is 304 g/mol. The third kappa shape index (κ3) is 2.08. The molecule has 2 atom stereocenters. The van der Waals surface area contributed by atoms with Crippen molar-refractivity contribution in [2.75, 3.05) is 0 Å². The maximum atomic E-state index is 12.2. The number of ketones is 1. The average molecular weight is 304 g/mol. The Morgan fingerprint density at radius 1 is 0.909 bits per heavy atom. The molecule has 7 heteroatoms. The van der Waals surface area contributed by atoms with Gasteiger partial charge < -0.3 is 30.3 Å². The second-order valence-electron chi connectivity index (χ2n) is 4.93. The molecule has 0 bridgehead atoms. The molecule has 0 saturated carbocycles. The van der Waals surface area contributed by atoms with Crippen molar-refractivity contribution < 1.29 is 35.1 Å². The summed E-state index contributed by atoms with van der Waals surface area (Å²) in [4.78, 5) is 12.2. The van der Waals surface area contributed by atoms with Gasteiger partial charge >= 0.3 is 0 Å². The van der Waals surface area contributed by atoms with Crippen molar-refractivity contribution in [3.05, 3.63) is 41.5 Å². The van der Waals surface area contributed by atoms with Gasteiger partial charge in [-0.3, -0.25) is 4.79 Å². The molecule has 0 amide bonds. The lowest BCUT2D eigenvalue weighted by Gasteiger charge is -2.30. The van der Waals surface area contributed by atoms with E-state index in [2.05, 4.69) is 0 Å². The number of phenolic OH excluding ortho intramolecular Hbond substituents is 4. The van der Waals surface area contributed by atoms with Crippen molar-refractivity contribution >= 4 is 5.78 Å². The number of ether oxygens (including phenoxy) is 1. The summed E-state index contributed by atoms with van der Waals surface area (Å²) in [5.41, 5.74) is 0.0363. The van der Waals surface area contributed by atoms with Gasteiger partial charge in [0.2, 0.25) is 5.78 Å². The van der Waals surface area contributed by atoms with Crippen molar-refractivity contribution in [3.63, 3.8) is 0 Å². The van der Waals surface area contributed by atoms with E-state index in [1.165, 1.54) is 12.1 Å². The smallest absolute Gasteiger partial charge is 0.202 e. The van der Waals surface area contributed by atoms with Crippen molar-refractivity contribution in [2.24, 2.45) is 0 Å². The number of aliphatic hydroxyl groups is 1. The Morgan fingerprint density at radius 3 is 2.32 bits per heavy atom.